The predicted molar refractivity (Wildman–Crippen MR) is 85.2 cm³/mol. The van der Waals surface area contributed by atoms with E-state index in [1.165, 1.54) is 44.1 Å². The van der Waals surface area contributed by atoms with Crippen LogP contribution < -0.4 is 0 Å². The van der Waals surface area contributed by atoms with E-state index < -0.39 is 0 Å². The van der Waals surface area contributed by atoms with Gasteiger partial charge >= 0.3 is 0 Å². The van der Waals surface area contributed by atoms with E-state index in [9.17, 15) is 0 Å². The third-order valence-electron chi connectivity index (χ3n) is 4.74. The summed E-state index contributed by atoms with van der Waals surface area (Å²) < 4.78 is 0. The molecule has 0 spiro atoms. The van der Waals surface area contributed by atoms with Crippen molar-refractivity contribution in [3.05, 3.63) is 35.9 Å². The molecule has 1 aliphatic rings. The minimum Gasteiger partial charge on any atom is -0.126 e. The third-order valence-corrected chi connectivity index (χ3v) is 5.80. The number of rotatable bonds is 7. The van der Waals surface area contributed by atoms with Crippen molar-refractivity contribution in [2.24, 2.45) is 11.3 Å². The molecule has 19 heavy (non-hydrogen) atoms. The molecule has 1 aromatic rings. The molecule has 0 nitrogen and oxygen atoms in total. The summed E-state index contributed by atoms with van der Waals surface area (Å²) in [6.45, 7) is 0. The minimum absolute atomic E-state index is 0.175. The van der Waals surface area contributed by atoms with Crippen LogP contribution in [0.5, 0.6) is 0 Å². The lowest BCUT2D eigenvalue weighted by Gasteiger charge is -2.36. The lowest BCUT2D eigenvalue weighted by molar-refractivity contribution is 0.204. The fourth-order valence-electron chi connectivity index (χ4n) is 3.42. The molecule has 1 aromatic carbocycles. The Morgan fingerprint density at radius 2 is 1.63 bits per heavy atom. The van der Waals surface area contributed by atoms with Crippen LogP contribution in [0.4, 0.5) is 0 Å². The van der Waals surface area contributed by atoms with Crippen LogP contribution in [-0.4, -0.2) is 11.8 Å². The smallest absolute Gasteiger partial charge is 0.0294 e. The number of hydrogen-bond acceptors (Lipinski definition) is 0. The van der Waals surface area contributed by atoms with E-state index >= 15 is 0 Å². The Bertz CT molecular complexity index is 351. The van der Waals surface area contributed by atoms with Crippen LogP contribution >= 0.6 is 23.2 Å². The van der Waals surface area contributed by atoms with Gasteiger partial charge in [-0.1, -0.05) is 43.2 Å². The highest BCUT2D eigenvalue weighted by molar-refractivity contribution is 6.21. The number of halogens is 2. The van der Waals surface area contributed by atoms with Gasteiger partial charge in [0.15, 0.2) is 0 Å². The van der Waals surface area contributed by atoms with Crippen LogP contribution in [0.3, 0.4) is 0 Å². The molecule has 0 aromatic heterocycles. The molecule has 0 atom stereocenters. The molecular formula is C17H24Cl2. The van der Waals surface area contributed by atoms with Gasteiger partial charge in [0, 0.05) is 17.2 Å². The first kappa shape index (κ1) is 15.2. The number of alkyl halides is 2. The molecule has 0 saturated heterocycles. The van der Waals surface area contributed by atoms with Gasteiger partial charge in [0.1, 0.15) is 0 Å². The summed E-state index contributed by atoms with van der Waals surface area (Å²) in [5, 5.41) is 0. The first-order chi connectivity index (χ1) is 9.30. The van der Waals surface area contributed by atoms with Gasteiger partial charge < -0.3 is 0 Å². The van der Waals surface area contributed by atoms with Crippen LogP contribution in [-0.2, 0) is 6.42 Å². The number of aryl methyl sites for hydroxylation is 1. The highest BCUT2D eigenvalue weighted by Crippen LogP contribution is 2.45. The predicted octanol–water partition coefficient (Wildman–Crippen LogP) is 5.66. The molecule has 2 heteroatoms. The lowest BCUT2D eigenvalue weighted by Crippen LogP contribution is -2.33. The monoisotopic (exact) mass is 298 g/mol. The average Bonchev–Trinajstić information content (AvgIpc) is 3.00. The van der Waals surface area contributed by atoms with Gasteiger partial charge in [-0.05, 0) is 43.6 Å². The summed E-state index contributed by atoms with van der Waals surface area (Å²) in [6, 6.07) is 10.7. The maximum Gasteiger partial charge on any atom is 0.0294 e. The van der Waals surface area contributed by atoms with E-state index in [1.807, 2.05) is 0 Å². The molecule has 0 radical (unpaired) electrons. The first-order valence-electron chi connectivity index (χ1n) is 7.46. The second-order valence-electron chi connectivity index (χ2n) is 5.95. The Labute approximate surface area is 127 Å². The maximum atomic E-state index is 6.30. The highest BCUT2D eigenvalue weighted by Gasteiger charge is 2.38. The number of benzene rings is 1. The van der Waals surface area contributed by atoms with Crippen molar-refractivity contribution in [2.45, 2.75) is 44.9 Å². The van der Waals surface area contributed by atoms with Crippen LogP contribution in [0, 0.1) is 11.3 Å². The Balaban J connectivity index is 1.89. The fraction of sp³-hybridized carbons (Fsp3) is 0.647. The molecular weight excluding hydrogens is 275 g/mol. The molecule has 0 aliphatic heterocycles. The van der Waals surface area contributed by atoms with Crippen LogP contribution in [0.15, 0.2) is 30.3 Å². The zero-order valence-corrected chi connectivity index (χ0v) is 13.1. The molecule has 2 rings (SSSR count). The van der Waals surface area contributed by atoms with E-state index in [0.29, 0.717) is 0 Å². The van der Waals surface area contributed by atoms with Crippen molar-refractivity contribution in [3.63, 3.8) is 0 Å². The minimum atomic E-state index is 0.175. The fourth-order valence-corrected chi connectivity index (χ4v) is 4.41. The van der Waals surface area contributed by atoms with Crippen molar-refractivity contribution >= 4 is 23.2 Å². The second-order valence-corrected chi connectivity index (χ2v) is 6.48. The van der Waals surface area contributed by atoms with Crippen molar-refractivity contribution in [3.8, 4) is 0 Å². The Kier molecular flexibility index (Phi) is 6.04. The molecule has 0 amide bonds. The van der Waals surface area contributed by atoms with Gasteiger partial charge in [0.2, 0.25) is 0 Å². The van der Waals surface area contributed by atoms with Gasteiger partial charge in [-0.2, -0.15) is 0 Å². The van der Waals surface area contributed by atoms with E-state index in [1.54, 1.807) is 0 Å². The molecule has 1 fully saturated rings. The topological polar surface area (TPSA) is 0 Å². The van der Waals surface area contributed by atoms with Gasteiger partial charge in [-0.3, -0.25) is 0 Å². The van der Waals surface area contributed by atoms with Crippen LogP contribution in [0.25, 0.3) is 0 Å². The summed E-state index contributed by atoms with van der Waals surface area (Å²) in [5.74, 6) is 2.18. The largest absolute Gasteiger partial charge is 0.126 e. The number of hydrogen-bond donors (Lipinski definition) is 0. The Morgan fingerprint density at radius 3 is 2.21 bits per heavy atom. The van der Waals surface area contributed by atoms with Crippen molar-refractivity contribution in [1.82, 2.24) is 0 Å². The highest BCUT2D eigenvalue weighted by atomic mass is 35.5. The lowest BCUT2D eigenvalue weighted by atomic mass is 9.73. The SMILES string of the molecule is ClCC(CCl)(CCCc1ccccc1)C1CCCC1. The summed E-state index contributed by atoms with van der Waals surface area (Å²) in [7, 11) is 0. The van der Waals surface area contributed by atoms with Gasteiger partial charge in [-0.15, -0.1) is 23.2 Å². The zero-order chi connectivity index (χ0) is 13.6. The van der Waals surface area contributed by atoms with Gasteiger partial charge in [0.25, 0.3) is 0 Å². The zero-order valence-electron chi connectivity index (χ0n) is 11.6. The van der Waals surface area contributed by atoms with E-state index in [-0.39, 0.29) is 5.41 Å². The molecule has 0 heterocycles. The van der Waals surface area contributed by atoms with E-state index in [2.05, 4.69) is 30.3 Å². The van der Waals surface area contributed by atoms with Gasteiger partial charge in [-0.25, -0.2) is 0 Å². The molecule has 0 bridgehead atoms. The molecule has 106 valence electrons. The quantitative estimate of drug-likeness (QED) is 0.570. The molecule has 0 N–H and O–H groups in total. The summed E-state index contributed by atoms with van der Waals surface area (Å²) in [4.78, 5) is 0. The summed E-state index contributed by atoms with van der Waals surface area (Å²) in [6.07, 6.45) is 8.87. The Hall–Kier alpha value is -0.200. The summed E-state index contributed by atoms with van der Waals surface area (Å²) in [5.41, 5.74) is 1.60. The van der Waals surface area contributed by atoms with Crippen LogP contribution in [0.1, 0.15) is 44.1 Å². The van der Waals surface area contributed by atoms with Crippen molar-refractivity contribution < 1.29 is 0 Å². The normalized spacial score (nSPS) is 16.9. The molecule has 1 saturated carbocycles. The Morgan fingerprint density at radius 1 is 1.00 bits per heavy atom. The summed E-state index contributed by atoms with van der Waals surface area (Å²) >= 11 is 12.6. The first-order valence-corrected chi connectivity index (χ1v) is 8.53. The van der Waals surface area contributed by atoms with Gasteiger partial charge in [0.05, 0.1) is 0 Å². The molecule has 1 aliphatic carbocycles. The maximum absolute atomic E-state index is 6.30. The third kappa shape index (κ3) is 3.89. The van der Waals surface area contributed by atoms with Crippen LogP contribution in [0.2, 0.25) is 0 Å². The van der Waals surface area contributed by atoms with Crippen molar-refractivity contribution in [2.75, 3.05) is 11.8 Å². The van der Waals surface area contributed by atoms with E-state index in [0.717, 1.165) is 24.1 Å². The average molecular weight is 299 g/mol. The molecule has 0 unspecified atom stereocenters. The van der Waals surface area contributed by atoms with E-state index in [4.69, 9.17) is 23.2 Å². The second kappa shape index (κ2) is 7.55. The van der Waals surface area contributed by atoms with Crippen molar-refractivity contribution in [1.29, 1.82) is 0 Å². The standard InChI is InChI=1S/C17H24Cl2/c18-13-17(14-19,16-10-4-5-11-16)12-6-9-15-7-2-1-3-8-15/h1-3,7-8,16H,4-6,9-14H2.